The van der Waals surface area contributed by atoms with Gasteiger partial charge in [-0.1, -0.05) is 56.3 Å². The number of nitrogens with one attached hydrogen (secondary N) is 1. The lowest BCUT2D eigenvalue weighted by Crippen LogP contribution is -2.40. The van der Waals surface area contributed by atoms with E-state index in [9.17, 15) is 0 Å². The highest BCUT2D eigenvalue weighted by Gasteiger charge is 2.25. The van der Waals surface area contributed by atoms with E-state index in [0.29, 0.717) is 0 Å². The van der Waals surface area contributed by atoms with Crippen molar-refractivity contribution in [1.82, 2.24) is 15.1 Å². The highest BCUT2D eigenvalue weighted by molar-refractivity contribution is 14.0. The second-order valence-corrected chi connectivity index (χ2v) is 7.13. The van der Waals surface area contributed by atoms with E-state index in [0.717, 1.165) is 44.6 Å². The zero-order valence-corrected chi connectivity index (χ0v) is 19.1. The van der Waals surface area contributed by atoms with E-state index in [2.05, 4.69) is 76.4 Å². The van der Waals surface area contributed by atoms with Crippen LogP contribution < -0.4 is 5.32 Å². The molecule has 4 nitrogen and oxygen atoms in total. The Balaban J connectivity index is 0.00000261. The van der Waals surface area contributed by atoms with Crippen molar-refractivity contribution in [3.8, 4) is 0 Å². The van der Waals surface area contributed by atoms with Gasteiger partial charge in [-0.2, -0.15) is 0 Å². The fourth-order valence-corrected chi connectivity index (χ4v) is 3.97. The predicted molar refractivity (Wildman–Crippen MR) is 127 cm³/mol. The molecule has 0 radical (unpaired) electrons. The van der Waals surface area contributed by atoms with Crippen LogP contribution >= 0.6 is 24.0 Å². The van der Waals surface area contributed by atoms with Crippen LogP contribution in [0.25, 0.3) is 10.8 Å². The third-order valence-corrected chi connectivity index (χ3v) is 5.52. The molecule has 1 unspecified atom stereocenters. The zero-order valence-electron chi connectivity index (χ0n) is 16.8. The van der Waals surface area contributed by atoms with Crippen molar-refractivity contribution in [3.05, 3.63) is 48.0 Å². The first-order valence-electron chi connectivity index (χ1n) is 9.89. The number of fused-ring (bicyclic) bond motifs is 1. The van der Waals surface area contributed by atoms with Gasteiger partial charge in [0.05, 0.1) is 0 Å². The monoisotopic (exact) mass is 480 g/mol. The van der Waals surface area contributed by atoms with Gasteiger partial charge in [0.15, 0.2) is 5.96 Å². The van der Waals surface area contributed by atoms with Gasteiger partial charge >= 0.3 is 0 Å². The van der Waals surface area contributed by atoms with Crippen LogP contribution in [0.5, 0.6) is 0 Å². The molecule has 1 heterocycles. The standard InChI is InChI=1S/C22H32N4.HI/c1-4-25(5-2)16-18-13-14-26(17-18)22(23-3)24-15-20-11-8-10-19-9-6-7-12-21(19)20;/h6-12,18H,4-5,13-17H2,1-3H3,(H,23,24);1H. The summed E-state index contributed by atoms with van der Waals surface area (Å²) in [5, 5.41) is 6.20. The molecule has 1 fully saturated rings. The van der Waals surface area contributed by atoms with Gasteiger partial charge in [-0.3, -0.25) is 4.99 Å². The van der Waals surface area contributed by atoms with Crippen molar-refractivity contribution in [2.75, 3.05) is 39.8 Å². The van der Waals surface area contributed by atoms with Crippen molar-refractivity contribution >= 4 is 40.7 Å². The summed E-state index contributed by atoms with van der Waals surface area (Å²) in [5.41, 5.74) is 1.32. The Kier molecular flexibility index (Phi) is 8.83. The van der Waals surface area contributed by atoms with Gasteiger partial charge in [-0.15, -0.1) is 24.0 Å². The first-order chi connectivity index (χ1) is 12.7. The maximum Gasteiger partial charge on any atom is 0.193 e. The molecule has 1 saturated heterocycles. The molecule has 0 spiro atoms. The number of benzene rings is 2. The Morgan fingerprint density at radius 1 is 1.15 bits per heavy atom. The lowest BCUT2D eigenvalue weighted by Gasteiger charge is -2.24. The third kappa shape index (κ3) is 5.57. The normalized spacial score (nSPS) is 17.4. The van der Waals surface area contributed by atoms with Crippen molar-refractivity contribution in [3.63, 3.8) is 0 Å². The van der Waals surface area contributed by atoms with E-state index in [1.165, 1.54) is 29.3 Å². The summed E-state index contributed by atoms with van der Waals surface area (Å²) in [4.78, 5) is 9.48. The summed E-state index contributed by atoms with van der Waals surface area (Å²) in [6, 6.07) is 15.1. The van der Waals surface area contributed by atoms with Crippen LogP contribution in [0.1, 0.15) is 25.8 Å². The quantitative estimate of drug-likeness (QED) is 0.382. The summed E-state index contributed by atoms with van der Waals surface area (Å²) in [5.74, 6) is 1.77. The molecule has 1 N–H and O–H groups in total. The molecule has 0 amide bonds. The van der Waals surface area contributed by atoms with Gasteiger partial charge in [0.25, 0.3) is 0 Å². The van der Waals surface area contributed by atoms with Gasteiger partial charge < -0.3 is 15.1 Å². The minimum Gasteiger partial charge on any atom is -0.352 e. The number of aliphatic imine (C=N–C) groups is 1. The van der Waals surface area contributed by atoms with Crippen molar-refractivity contribution in [2.45, 2.75) is 26.8 Å². The van der Waals surface area contributed by atoms with E-state index < -0.39 is 0 Å². The number of halogens is 1. The maximum absolute atomic E-state index is 4.54. The number of rotatable bonds is 6. The number of likely N-dealkylation sites (tertiary alicyclic amines) is 1. The summed E-state index contributed by atoms with van der Waals surface area (Å²) in [6.07, 6.45) is 1.26. The summed E-state index contributed by atoms with van der Waals surface area (Å²) < 4.78 is 0. The molecule has 0 saturated carbocycles. The lowest BCUT2D eigenvalue weighted by molar-refractivity contribution is 0.255. The van der Waals surface area contributed by atoms with Crippen molar-refractivity contribution < 1.29 is 0 Å². The zero-order chi connectivity index (χ0) is 18.4. The predicted octanol–water partition coefficient (Wildman–Crippen LogP) is 4.20. The Morgan fingerprint density at radius 3 is 2.63 bits per heavy atom. The minimum absolute atomic E-state index is 0. The van der Waals surface area contributed by atoms with E-state index >= 15 is 0 Å². The second kappa shape index (κ2) is 10.9. The Bertz CT molecular complexity index is 737. The van der Waals surface area contributed by atoms with Crippen LogP contribution in [-0.2, 0) is 6.54 Å². The fraction of sp³-hybridized carbons (Fsp3) is 0.500. The van der Waals surface area contributed by atoms with Gasteiger partial charge in [0, 0.05) is 33.2 Å². The average Bonchev–Trinajstić information content (AvgIpc) is 3.15. The lowest BCUT2D eigenvalue weighted by atomic mass is 10.0. The molecule has 2 aromatic rings. The van der Waals surface area contributed by atoms with Crippen LogP contribution in [-0.4, -0.2) is 55.5 Å². The third-order valence-electron chi connectivity index (χ3n) is 5.52. The summed E-state index contributed by atoms with van der Waals surface area (Å²) in [6.45, 7) is 11.0. The molecule has 1 aliphatic heterocycles. The van der Waals surface area contributed by atoms with Gasteiger partial charge in [0.1, 0.15) is 0 Å². The molecule has 2 aromatic carbocycles. The van der Waals surface area contributed by atoms with Crippen LogP contribution in [0, 0.1) is 5.92 Å². The molecule has 5 heteroatoms. The molecule has 27 heavy (non-hydrogen) atoms. The molecule has 3 rings (SSSR count). The van der Waals surface area contributed by atoms with Crippen LogP contribution in [0.4, 0.5) is 0 Å². The fourth-order valence-electron chi connectivity index (χ4n) is 3.97. The van der Waals surface area contributed by atoms with Crippen LogP contribution in [0.3, 0.4) is 0 Å². The minimum atomic E-state index is 0. The molecular weight excluding hydrogens is 447 g/mol. The van der Waals surface area contributed by atoms with Gasteiger partial charge in [0.2, 0.25) is 0 Å². The summed E-state index contributed by atoms with van der Waals surface area (Å²) in [7, 11) is 1.89. The molecule has 1 atom stereocenters. The smallest absolute Gasteiger partial charge is 0.193 e. The molecule has 1 aliphatic rings. The first kappa shape index (κ1) is 22.0. The number of guanidine groups is 1. The molecule has 0 aromatic heterocycles. The topological polar surface area (TPSA) is 30.9 Å². The Hall–Kier alpha value is -1.34. The molecule has 0 bridgehead atoms. The molecule has 0 aliphatic carbocycles. The van der Waals surface area contributed by atoms with Crippen LogP contribution in [0.15, 0.2) is 47.5 Å². The highest BCUT2D eigenvalue weighted by atomic mass is 127. The molecule has 148 valence electrons. The van der Waals surface area contributed by atoms with E-state index in [1.54, 1.807) is 0 Å². The highest BCUT2D eigenvalue weighted by Crippen LogP contribution is 2.20. The van der Waals surface area contributed by atoms with E-state index in [1.807, 2.05) is 7.05 Å². The Morgan fingerprint density at radius 2 is 1.89 bits per heavy atom. The van der Waals surface area contributed by atoms with Crippen molar-refractivity contribution in [1.29, 1.82) is 0 Å². The first-order valence-corrected chi connectivity index (χ1v) is 9.89. The number of hydrogen-bond acceptors (Lipinski definition) is 2. The van der Waals surface area contributed by atoms with Gasteiger partial charge in [-0.05, 0) is 41.8 Å². The maximum atomic E-state index is 4.54. The Labute approximate surface area is 181 Å². The second-order valence-electron chi connectivity index (χ2n) is 7.13. The van der Waals surface area contributed by atoms with Gasteiger partial charge in [-0.25, -0.2) is 0 Å². The average molecular weight is 480 g/mol. The SMILES string of the molecule is CCN(CC)CC1CCN(C(=NC)NCc2cccc3ccccc23)C1.I. The van der Waals surface area contributed by atoms with E-state index in [4.69, 9.17) is 0 Å². The molecular formula is C22H33IN4. The summed E-state index contributed by atoms with van der Waals surface area (Å²) >= 11 is 0. The number of nitrogens with zero attached hydrogens (tertiary/aromatic N) is 3. The number of hydrogen-bond donors (Lipinski definition) is 1. The van der Waals surface area contributed by atoms with Crippen molar-refractivity contribution in [2.24, 2.45) is 10.9 Å². The van der Waals surface area contributed by atoms with E-state index in [-0.39, 0.29) is 24.0 Å². The van der Waals surface area contributed by atoms with Crippen LogP contribution in [0.2, 0.25) is 0 Å². The largest absolute Gasteiger partial charge is 0.352 e.